The summed E-state index contributed by atoms with van der Waals surface area (Å²) >= 11 is 2.21. The lowest BCUT2D eigenvalue weighted by molar-refractivity contribution is 0.472. The lowest BCUT2D eigenvalue weighted by Gasteiger charge is -2.14. The number of aromatic nitrogens is 2. The van der Waals surface area contributed by atoms with Crippen molar-refractivity contribution in [1.29, 1.82) is 0 Å². The van der Waals surface area contributed by atoms with Gasteiger partial charge in [-0.15, -0.1) is 0 Å². The average Bonchev–Trinajstić information content (AvgIpc) is 2.32. The van der Waals surface area contributed by atoms with Crippen LogP contribution in [0.25, 0.3) is 0 Å². The number of anilines is 1. The Kier molecular flexibility index (Phi) is 6.68. The van der Waals surface area contributed by atoms with Crippen molar-refractivity contribution < 1.29 is 0 Å². The van der Waals surface area contributed by atoms with Gasteiger partial charge in [0.2, 0.25) is 5.95 Å². The first kappa shape index (κ1) is 13.7. The molecule has 0 spiro atoms. The van der Waals surface area contributed by atoms with Crippen LogP contribution >= 0.6 is 22.6 Å². The first-order valence-corrected chi connectivity index (χ1v) is 7.05. The summed E-state index contributed by atoms with van der Waals surface area (Å²) in [4.78, 5) is 8.47. The fourth-order valence-electron chi connectivity index (χ4n) is 1.58. The summed E-state index contributed by atoms with van der Waals surface area (Å²) in [6.07, 6.45) is 8.78. The van der Waals surface area contributed by atoms with Gasteiger partial charge in [0.15, 0.2) is 0 Å². The Labute approximate surface area is 112 Å². The highest BCUT2D eigenvalue weighted by Gasteiger charge is 2.06. The van der Waals surface area contributed by atoms with Crippen LogP contribution < -0.4 is 5.32 Å². The Balaban J connectivity index is 2.34. The van der Waals surface area contributed by atoms with Gasteiger partial charge < -0.3 is 5.32 Å². The third kappa shape index (κ3) is 5.09. The maximum atomic E-state index is 4.24. The summed E-state index contributed by atoms with van der Waals surface area (Å²) in [5.41, 5.74) is 0. The molecule has 0 fully saturated rings. The fraction of sp³-hybridized carbons (Fsp3) is 0.667. The normalized spacial score (nSPS) is 12.4. The van der Waals surface area contributed by atoms with Gasteiger partial charge in [0, 0.05) is 22.5 Å². The van der Waals surface area contributed by atoms with E-state index in [2.05, 4.69) is 51.7 Å². The maximum absolute atomic E-state index is 4.24. The number of rotatable bonds is 7. The van der Waals surface area contributed by atoms with Crippen molar-refractivity contribution >= 4 is 28.5 Å². The molecule has 0 amide bonds. The number of nitrogens with zero attached hydrogens (tertiary/aromatic N) is 2. The van der Waals surface area contributed by atoms with Gasteiger partial charge in [0.25, 0.3) is 0 Å². The number of halogens is 1. The van der Waals surface area contributed by atoms with Crippen molar-refractivity contribution in [3.05, 3.63) is 16.0 Å². The molecule has 0 aliphatic carbocycles. The predicted octanol–water partition coefficient (Wildman–Crippen LogP) is 3.71. The molecule has 0 saturated heterocycles. The molecule has 1 N–H and O–H groups in total. The number of hydrogen-bond acceptors (Lipinski definition) is 3. The molecule has 1 atom stereocenters. The van der Waals surface area contributed by atoms with Gasteiger partial charge in [-0.3, -0.25) is 0 Å². The summed E-state index contributed by atoms with van der Waals surface area (Å²) in [5, 5.41) is 3.31. The Morgan fingerprint density at radius 2 is 2.00 bits per heavy atom. The van der Waals surface area contributed by atoms with Gasteiger partial charge in [-0.2, -0.15) is 0 Å². The van der Waals surface area contributed by atoms with Crippen molar-refractivity contribution in [3.63, 3.8) is 0 Å². The number of hydrogen-bond donors (Lipinski definition) is 1. The Morgan fingerprint density at radius 1 is 1.31 bits per heavy atom. The minimum absolute atomic E-state index is 0.739. The van der Waals surface area contributed by atoms with E-state index in [4.69, 9.17) is 0 Å². The van der Waals surface area contributed by atoms with E-state index in [0.717, 1.165) is 22.0 Å². The number of unbranched alkanes of at least 4 members (excludes halogenated alkanes) is 1. The smallest absolute Gasteiger partial charge is 0.222 e. The SMILES string of the molecule is CCCCC(CC)CNc1ncc(I)cn1. The molecule has 3 nitrogen and oxygen atoms in total. The van der Waals surface area contributed by atoms with Crippen LogP contribution in [0.2, 0.25) is 0 Å². The van der Waals surface area contributed by atoms with Gasteiger partial charge in [-0.1, -0.05) is 33.1 Å². The minimum Gasteiger partial charge on any atom is -0.354 e. The van der Waals surface area contributed by atoms with Crippen LogP contribution in [0.1, 0.15) is 39.5 Å². The Hall–Kier alpha value is -0.390. The zero-order valence-electron chi connectivity index (χ0n) is 10.0. The third-order valence-corrected chi connectivity index (χ3v) is 3.27. The molecule has 16 heavy (non-hydrogen) atoms. The Bertz CT molecular complexity index is 287. The second-order valence-corrected chi connectivity index (χ2v) is 5.27. The molecule has 1 rings (SSSR count). The molecule has 0 radical (unpaired) electrons. The second-order valence-electron chi connectivity index (χ2n) is 4.02. The zero-order valence-corrected chi connectivity index (χ0v) is 12.2. The van der Waals surface area contributed by atoms with E-state index in [1.54, 1.807) is 0 Å². The molecular formula is C12H20IN3. The van der Waals surface area contributed by atoms with E-state index in [1.165, 1.54) is 25.7 Å². The quantitative estimate of drug-likeness (QED) is 0.773. The van der Waals surface area contributed by atoms with Crippen molar-refractivity contribution in [2.24, 2.45) is 5.92 Å². The van der Waals surface area contributed by atoms with E-state index >= 15 is 0 Å². The highest BCUT2D eigenvalue weighted by atomic mass is 127. The van der Waals surface area contributed by atoms with Gasteiger partial charge in [0.1, 0.15) is 0 Å². The molecule has 0 aliphatic heterocycles. The van der Waals surface area contributed by atoms with E-state index in [0.29, 0.717) is 0 Å². The van der Waals surface area contributed by atoms with Crippen molar-refractivity contribution in [2.45, 2.75) is 39.5 Å². The first-order chi connectivity index (χ1) is 7.76. The van der Waals surface area contributed by atoms with E-state index in [1.807, 2.05) is 12.4 Å². The first-order valence-electron chi connectivity index (χ1n) is 5.97. The maximum Gasteiger partial charge on any atom is 0.222 e. The molecule has 1 unspecified atom stereocenters. The molecule has 1 heterocycles. The van der Waals surface area contributed by atoms with Gasteiger partial charge in [-0.05, 0) is 34.9 Å². The van der Waals surface area contributed by atoms with Crippen molar-refractivity contribution in [2.75, 3.05) is 11.9 Å². The summed E-state index contributed by atoms with van der Waals surface area (Å²) in [5.74, 6) is 1.48. The topological polar surface area (TPSA) is 37.8 Å². The summed E-state index contributed by atoms with van der Waals surface area (Å²) in [6, 6.07) is 0. The molecule has 0 bridgehead atoms. The molecule has 1 aromatic heterocycles. The molecule has 4 heteroatoms. The van der Waals surface area contributed by atoms with Crippen LogP contribution in [0.3, 0.4) is 0 Å². The standard InChI is InChI=1S/C12H20IN3/c1-3-5-6-10(4-2)7-14-12-15-8-11(13)9-16-12/h8-10H,3-7H2,1-2H3,(H,14,15,16). The predicted molar refractivity (Wildman–Crippen MR) is 76.5 cm³/mol. The van der Waals surface area contributed by atoms with E-state index in [9.17, 15) is 0 Å². The lowest BCUT2D eigenvalue weighted by atomic mass is 9.99. The van der Waals surface area contributed by atoms with Crippen molar-refractivity contribution in [3.8, 4) is 0 Å². The highest BCUT2D eigenvalue weighted by molar-refractivity contribution is 14.1. The summed E-state index contributed by atoms with van der Waals surface area (Å²) in [7, 11) is 0. The van der Waals surface area contributed by atoms with Crippen LogP contribution in [0.5, 0.6) is 0 Å². The van der Waals surface area contributed by atoms with E-state index in [-0.39, 0.29) is 0 Å². The van der Waals surface area contributed by atoms with Crippen LogP contribution in [0, 0.1) is 9.49 Å². The van der Waals surface area contributed by atoms with Gasteiger partial charge in [-0.25, -0.2) is 9.97 Å². The van der Waals surface area contributed by atoms with Crippen LogP contribution in [0.15, 0.2) is 12.4 Å². The fourth-order valence-corrected chi connectivity index (χ4v) is 1.86. The van der Waals surface area contributed by atoms with Crippen LogP contribution in [-0.4, -0.2) is 16.5 Å². The second kappa shape index (κ2) is 7.81. The summed E-state index contributed by atoms with van der Waals surface area (Å²) in [6.45, 7) is 5.47. The Morgan fingerprint density at radius 3 is 2.56 bits per heavy atom. The molecular weight excluding hydrogens is 313 g/mol. The molecule has 90 valence electrons. The molecule has 1 aromatic rings. The van der Waals surface area contributed by atoms with Crippen LogP contribution in [-0.2, 0) is 0 Å². The van der Waals surface area contributed by atoms with Gasteiger partial charge >= 0.3 is 0 Å². The molecule has 0 aromatic carbocycles. The lowest BCUT2D eigenvalue weighted by Crippen LogP contribution is -2.15. The highest BCUT2D eigenvalue weighted by Crippen LogP contribution is 2.13. The minimum atomic E-state index is 0.739. The molecule has 0 aliphatic rings. The average molecular weight is 333 g/mol. The zero-order chi connectivity index (χ0) is 11.8. The monoisotopic (exact) mass is 333 g/mol. The molecule has 0 saturated carbocycles. The third-order valence-electron chi connectivity index (χ3n) is 2.71. The largest absolute Gasteiger partial charge is 0.354 e. The van der Waals surface area contributed by atoms with Crippen molar-refractivity contribution in [1.82, 2.24) is 9.97 Å². The number of nitrogens with one attached hydrogen (secondary N) is 1. The van der Waals surface area contributed by atoms with E-state index < -0.39 is 0 Å². The van der Waals surface area contributed by atoms with Crippen LogP contribution in [0.4, 0.5) is 5.95 Å². The summed E-state index contributed by atoms with van der Waals surface area (Å²) < 4.78 is 1.07. The van der Waals surface area contributed by atoms with Gasteiger partial charge in [0.05, 0.1) is 0 Å².